The van der Waals surface area contributed by atoms with Gasteiger partial charge in [-0.15, -0.1) is 0 Å². The van der Waals surface area contributed by atoms with Crippen molar-refractivity contribution in [2.24, 2.45) is 0 Å². The molecule has 0 aromatic carbocycles. The second-order valence-electron chi connectivity index (χ2n) is 2.25. The van der Waals surface area contributed by atoms with Gasteiger partial charge in [-0.1, -0.05) is 25.5 Å². The Balaban J connectivity index is 3.42. The summed E-state index contributed by atoms with van der Waals surface area (Å²) in [6.07, 6.45) is 6.69. The van der Waals surface area contributed by atoms with E-state index in [1.165, 1.54) is 0 Å². The molecule has 0 bridgehead atoms. The Morgan fingerprint density at radius 3 is 2.45 bits per heavy atom. The van der Waals surface area contributed by atoms with E-state index in [0.29, 0.717) is 0 Å². The van der Waals surface area contributed by atoms with E-state index >= 15 is 0 Å². The number of unbranched alkanes of at least 4 members (excludes halogenated alkanes) is 1. The average Bonchev–Trinajstić information content (AvgIpc) is 1.85. The molecule has 0 N–H and O–H groups in total. The van der Waals surface area contributed by atoms with E-state index in [9.17, 15) is 8.42 Å². The minimum absolute atomic E-state index is 0.152. The van der Waals surface area contributed by atoms with Crippen LogP contribution in [0.25, 0.3) is 0 Å². The summed E-state index contributed by atoms with van der Waals surface area (Å²) in [6.45, 7) is 2.21. The van der Waals surface area contributed by atoms with Crippen molar-refractivity contribution in [3.8, 4) is 0 Å². The van der Waals surface area contributed by atoms with Crippen molar-refractivity contribution in [3.63, 3.8) is 0 Å². The molecule has 0 heterocycles. The smallest absolute Gasteiger partial charge is 0.264 e. The fourth-order valence-electron chi connectivity index (χ4n) is 0.515. The van der Waals surface area contributed by atoms with Crippen LogP contribution in [0.2, 0.25) is 0 Å². The third kappa shape index (κ3) is 9.65. The monoisotopic (exact) mass is 178 g/mol. The number of hydrogen-bond donors (Lipinski definition) is 0. The zero-order chi connectivity index (χ0) is 8.74. The number of hydrogen-bond acceptors (Lipinski definition) is 3. The van der Waals surface area contributed by atoms with Gasteiger partial charge in [0.1, 0.15) is 0 Å². The first kappa shape index (κ1) is 10.7. The van der Waals surface area contributed by atoms with Gasteiger partial charge in [-0.05, 0) is 6.42 Å². The molecular weight excluding hydrogens is 164 g/mol. The van der Waals surface area contributed by atoms with E-state index in [1.54, 1.807) is 6.08 Å². The third-order valence-electron chi connectivity index (χ3n) is 1.00. The number of allylic oxidation sites excluding steroid dienone is 1. The molecule has 0 unspecified atom stereocenters. The van der Waals surface area contributed by atoms with Gasteiger partial charge in [0.05, 0.1) is 12.9 Å². The van der Waals surface area contributed by atoms with Crippen LogP contribution in [0.15, 0.2) is 12.2 Å². The lowest BCUT2D eigenvalue weighted by atomic mass is 10.3. The minimum atomic E-state index is -3.26. The van der Waals surface area contributed by atoms with Crippen LogP contribution in [0.4, 0.5) is 0 Å². The first-order valence-corrected chi connectivity index (χ1v) is 5.37. The highest BCUT2D eigenvalue weighted by Gasteiger charge is 1.96. The normalized spacial score (nSPS) is 12.5. The van der Waals surface area contributed by atoms with Crippen molar-refractivity contribution in [1.82, 2.24) is 0 Å². The Labute approximate surface area is 68.2 Å². The van der Waals surface area contributed by atoms with Gasteiger partial charge in [0, 0.05) is 0 Å². The highest BCUT2D eigenvalue weighted by atomic mass is 32.2. The van der Waals surface area contributed by atoms with E-state index in [0.717, 1.165) is 19.1 Å². The Kier molecular flexibility index (Phi) is 5.15. The summed E-state index contributed by atoms with van der Waals surface area (Å²) < 4.78 is 25.3. The highest BCUT2D eigenvalue weighted by Crippen LogP contribution is 1.90. The fourth-order valence-corrected chi connectivity index (χ4v) is 0.841. The molecule has 0 aromatic heterocycles. The highest BCUT2D eigenvalue weighted by molar-refractivity contribution is 7.85. The molecule has 3 nitrogen and oxygen atoms in total. The van der Waals surface area contributed by atoms with Crippen molar-refractivity contribution < 1.29 is 12.6 Å². The molecular formula is C7H14O3S. The fraction of sp³-hybridized carbons (Fsp3) is 0.714. The summed E-state index contributed by atoms with van der Waals surface area (Å²) >= 11 is 0. The lowest BCUT2D eigenvalue weighted by Gasteiger charge is -1.93. The van der Waals surface area contributed by atoms with Gasteiger partial charge in [0.2, 0.25) is 0 Å². The third-order valence-corrected chi connectivity index (χ3v) is 1.56. The molecule has 0 radical (unpaired) electrons. The van der Waals surface area contributed by atoms with Gasteiger partial charge in [0.15, 0.2) is 0 Å². The van der Waals surface area contributed by atoms with E-state index in [1.807, 2.05) is 6.08 Å². The van der Waals surface area contributed by atoms with Crippen LogP contribution in [-0.4, -0.2) is 21.3 Å². The topological polar surface area (TPSA) is 43.4 Å². The zero-order valence-electron chi connectivity index (χ0n) is 6.91. The lowest BCUT2D eigenvalue weighted by molar-refractivity contribution is 0.361. The Morgan fingerprint density at radius 2 is 2.00 bits per heavy atom. The molecule has 0 aromatic rings. The standard InChI is InChI=1S/C7H14O3S/c1-3-4-5-6-7-10-11(2,8)9/h5-6H,3-4,7H2,1-2H3/b6-5+. The van der Waals surface area contributed by atoms with Gasteiger partial charge >= 0.3 is 0 Å². The Bertz CT molecular complexity index is 204. The van der Waals surface area contributed by atoms with Crippen LogP contribution >= 0.6 is 0 Å². The maximum Gasteiger partial charge on any atom is 0.264 e. The molecule has 0 fully saturated rings. The molecule has 66 valence electrons. The van der Waals surface area contributed by atoms with Crippen molar-refractivity contribution in [2.45, 2.75) is 19.8 Å². The number of rotatable bonds is 5. The van der Waals surface area contributed by atoms with Crippen LogP contribution in [-0.2, 0) is 14.3 Å². The molecule has 0 aliphatic rings. The van der Waals surface area contributed by atoms with Gasteiger partial charge in [-0.2, -0.15) is 8.42 Å². The van der Waals surface area contributed by atoms with E-state index in [-0.39, 0.29) is 6.61 Å². The Hall–Kier alpha value is -0.350. The summed E-state index contributed by atoms with van der Waals surface area (Å²) in [5, 5.41) is 0. The van der Waals surface area contributed by atoms with Crippen molar-refractivity contribution in [2.75, 3.05) is 12.9 Å². The van der Waals surface area contributed by atoms with Gasteiger partial charge < -0.3 is 0 Å². The van der Waals surface area contributed by atoms with E-state index in [2.05, 4.69) is 11.1 Å². The van der Waals surface area contributed by atoms with Gasteiger partial charge in [0.25, 0.3) is 10.1 Å². The van der Waals surface area contributed by atoms with Gasteiger partial charge in [-0.3, -0.25) is 4.18 Å². The minimum Gasteiger partial charge on any atom is -0.266 e. The molecule has 0 amide bonds. The molecule has 0 saturated heterocycles. The average molecular weight is 178 g/mol. The molecule has 0 spiro atoms. The van der Waals surface area contributed by atoms with Crippen LogP contribution < -0.4 is 0 Å². The SMILES string of the molecule is CCC/C=C/COS(C)(=O)=O. The summed E-state index contributed by atoms with van der Waals surface area (Å²) in [5.74, 6) is 0. The van der Waals surface area contributed by atoms with E-state index in [4.69, 9.17) is 0 Å². The molecule has 0 atom stereocenters. The van der Waals surface area contributed by atoms with Crippen LogP contribution in [0.5, 0.6) is 0 Å². The van der Waals surface area contributed by atoms with Crippen molar-refractivity contribution in [1.29, 1.82) is 0 Å². The van der Waals surface area contributed by atoms with Gasteiger partial charge in [-0.25, -0.2) is 0 Å². The molecule has 0 rings (SSSR count). The molecule has 4 heteroatoms. The predicted molar refractivity (Wildman–Crippen MR) is 44.8 cm³/mol. The van der Waals surface area contributed by atoms with Crippen molar-refractivity contribution >= 4 is 10.1 Å². The molecule has 0 saturated carbocycles. The molecule has 11 heavy (non-hydrogen) atoms. The van der Waals surface area contributed by atoms with Crippen LogP contribution in [0, 0.1) is 0 Å². The van der Waals surface area contributed by atoms with Crippen molar-refractivity contribution in [3.05, 3.63) is 12.2 Å². The quantitative estimate of drug-likeness (QED) is 0.471. The maximum atomic E-state index is 10.4. The molecule has 0 aliphatic carbocycles. The second-order valence-corrected chi connectivity index (χ2v) is 3.89. The first-order valence-electron chi connectivity index (χ1n) is 3.55. The first-order chi connectivity index (χ1) is 5.06. The summed E-state index contributed by atoms with van der Waals surface area (Å²) in [6, 6.07) is 0. The summed E-state index contributed by atoms with van der Waals surface area (Å²) in [5.41, 5.74) is 0. The predicted octanol–water partition coefficient (Wildman–Crippen LogP) is 1.32. The van der Waals surface area contributed by atoms with E-state index < -0.39 is 10.1 Å². The zero-order valence-corrected chi connectivity index (χ0v) is 7.73. The second kappa shape index (κ2) is 5.32. The largest absolute Gasteiger partial charge is 0.266 e. The van der Waals surface area contributed by atoms with Crippen LogP contribution in [0.3, 0.4) is 0 Å². The lowest BCUT2D eigenvalue weighted by Crippen LogP contribution is -2.01. The maximum absolute atomic E-state index is 10.4. The Morgan fingerprint density at radius 1 is 1.36 bits per heavy atom. The molecule has 0 aliphatic heterocycles. The summed E-state index contributed by atoms with van der Waals surface area (Å²) in [4.78, 5) is 0. The van der Waals surface area contributed by atoms with Crippen LogP contribution in [0.1, 0.15) is 19.8 Å². The summed E-state index contributed by atoms with van der Waals surface area (Å²) in [7, 11) is -3.26.